The Balaban J connectivity index is 1.55. The molecule has 1 aliphatic rings. The highest BCUT2D eigenvalue weighted by atomic mass is 16.1. The summed E-state index contributed by atoms with van der Waals surface area (Å²) in [6.07, 6.45) is 6.69. The number of carbonyl (C=O) groups excluding carboxylic acids is 1. The Labute approximate surface area is 181 Å². The lowest BCUT2D eigenvalue weighted by atomic mass is 10.2. The normalized spacial score (nSPS) is 15.3. The van der Waals surface area contributed by atoms with E-state index in [2.05, 4.69) is 50.0 Å². The molecular weight excluding hydrogens is 392 g/mol. The number of carbonyl (C=O) groups is 1. The van der Waals surface area contributed by atoms with Gasteiger partial charge in [-0.15, -0.1) is 5.10 Å². The Morgan fingerprint density at radius 1 is 1.13 bits per heavy atom. The second kappa shape index (κ2) is 8.81. The van der Waals surface area contributed by atoms with Gasteiger partial charge in [-0.2, -0.15) is 0 Å². The van der Waals surface area contributed by atoms with Gasteiger partial charge >= 0.3 is 0 Å². The second-order valence-electron chi connectivity index (χ2n) is 8.12. The number of amides is 1. The van der Waals surface area contributed by atoms with Crippen molar-refractivity contribution in [1.29, 1.82) is 0 Å². The van der Waals surface area contributed by atoms with Gasteiger partial charge in [0.15, 0.2) is 0 Å². The highest BCUT2D eigenvalue weighted by Gasteiger charge is 2.18. The van der Waals surface area contributed by atoms with Crippen LogP contribution in [0.4, 0.5) is 5.69 Å². The van der Waals surface area contributed by atoms with Crippen molar-refractivity contribution in [2.24, 2.45) is 5.73 Å². The Bertz CT molecular complexity index is 1080. The minimum atomic E-state index is -0.554. The van der Waals surface area contributed by atoms with Crippen molar-refractivity contribution < 1.29 is 4.79 Å². The van der Waals surface area contributed by atoms with Crippen molar-refractivity contribution >= 4 is 11.6 Å². The lowest BCUT2D eigenvalue weighted by Crippen LogP contribution is -2.35. The molecule has 0 radical (unpaired) electrons. The Kier molecular flexibility index (Phi) is 5.94. The van der Waals surface area contributed by atoms with Crippen LogP contribution in [0.25, 0.3) is 16.9 Å². The first-order valence-corrected chi connectivity index (χ1v) is 10.6. The zero-order valence-electron chi connectivity index (χ0n) is 18.2. The molecule has 9 heteroatoms. The van der Waals surface area contributed by atoms with Crippen molar-refractivity contribution in [3.8, 4) is 16.9 Å². The van der Waals surface area contributed by atoms with E-state index in [1.807, 2.05) is 19.3 Å². The molecule has 0 atom stereocenters. The van der Waals surface area contributed by atoms with Crippen LogP contribution < -0.4 is 10.6 Å². The van der Waals surface area contributed by atoms with E-state index < -0.39 is 5.91 Å². The quantitative estimate of drug-likeness (QED) is 0.673. The first-order chi connectivity index (χ1) is 14.9. The van der Waals surface area contributed by atoms with Crippen LogP contribution in [0.5, 0.6) is 0 Å². The zero-order chi connectivity index (χ0) is 22.0. The lowest BCUT2D eigenvalue weighted by Gasteiger charge is -2.25. The summed E-state index contributed by atoms with van der Waals surface area (Å²) in [5, 5.41) is 8.58. The molecule has 0 bridgehead atoms. The summed E-state index contributed by atoms with van der Waals surface area (Å²) < 4.78 is 1.65. The molecule has 0 saturated carbocycles. The van der Waals surface area contributed by atoms with Crippen LogP contribution in [0, 0.1) is 6.92 Å². The molecule has 2 N–H and O–H groups in total. The van der Waals surface area contributed by atoms with Crippen molar-refractivity contribution in [2.45, 2.75) is 33.2 Å². The molecule has 3 aromatic heterocycles. The van der Waals surface area contributed by atoms with Crippen LogP contribution in [-0.4, -0.2) is 68.0 Å². The lowest BCUT2D eigenvalue weighted by molar-refractivity contribution is 0.0995. The number of hydrogen-bond donors (Lipinski definition) is 1. The van der Waals surface area contributed by atoms with E-state index in [1.54, 1.807) is 23.0 Å². The number of pyridine rings is 2. The van der Waals surface area contributed by atoms with Crippen LogP contribution in [-0.2, 0) is 0 Å². The van der Waals surface area contributed by atoms with Crippen molar-refractivity contribution in [2.75, 3.05) is 31.1 Å². The molecule has 1 amide bonds. The zero-order valence-corrected chi connectivity index (χ0v) is 18.2. The third-order valence-electron chi connectivity index (χ3n) is 5.70. The van der Waals surface area contributed by atoms with E-state index in [4.69, 9.17) is 5.73 Å². The smallest absolute Gasteiger partial charge is 0.267 e. The number of rotatable bonds is 5. The highest BCUT2D eigenvalue weighted by molar-refractivity contribution is 5.90. The molecule has 0 aromatic carbocycles. The molecule has 1 fully saturated rings. The largest absolute Gasteiger partial charge is 0.369 e. The Morgan fingerprint density at radius 2 is 1.97 bits per heavy atom. The molecule has 1 aliphatic heterocycles. The fraction of sp³-hybridized carbons (Fsp3) is 0.409. The monoisotopic (exact) mass is 420 g/mol. The predicted molar refractivity (Wildman–Crippen MR) is 119 cm³/mol. The summed E-state index contributed by atoms with van der Waals surface area (Å²) >= 11 is 0. The maximum absolute atomic E-state index is 11.3. The van der Waals surface area contributed by atoms with Crippen molar-refractivity contribution in [3.05, 3.63) is 48.2 Å². The van der Waals surface area contributed by atoms with Gasteiger partial charge in [0.25, 0.3) is 5.91 Å². The summed E-state index contributed by atoms with van der Waals surface area (Å²) in [7, 11) is 0. The number of anilines is 1. The number of aromatic nitrogens is 5. The van der Waals surface area contributed by atoms with Gasteiger partial charge in [0.2, 0.25) is 0 Å². The van der Waals surface area contributed by atoms with Crippen molar-refractivity contribution in [1.82, 2.24) is 29.9 Å². The predicted octanol–water partition coefficient (Wildman–Crippen LogP) is 2.05. The molecule has 0 aliphatic carbocycles. The second-order valence-corrected chi connectivity index (χ2v) is 8.12. The van der Waals surface area contributed by atoms with Crippen LogP contribution in [0.3, 0.4) is 0 Å². The molecule has 31 heavy (non-hydrogen) atoms. The average molecular weight is 421 g/mol. The van der Waals surface area contributed by atoms with Gasteiger partial charge in [0.1, 0.15) is 11.4 Å². The summed E-state index contributed by atoms with van der Waals surface area (Å²) in [5.41, 5.74) is 9.67. The maximum Gasteiger partial charge on any atom is 0.267 e. The maximum atomic E-state index is 11.3. The van der Waals surface area contributed by atoms with Gasteiger partial charge in [-0.3, -0.25) is 14.7 Å². The van der Waals surface area contributed by atoms with Crippen molar-refractivity contribution in [3.63, 3.8) is 0 Å². The summed E-state index contributed by atoms with van der Waals surface area (Å²) in [5.74, 6) is -0.554. The summed E-state index contributed by atoms with van der Waals surface area (Å²) in [4.78, 5) is 24.9. The third-order valence-corrected chi connectivity index (χ3v) is 5.70. The first kappa shape index (κ1) is 20.9. The number of aryl methyl sites for hydroxylation is 1. The molecule has 3 aromatic rings. The van der Waals surface area contributed by atoms with Gasteiger partial charge in [0.05, 0.1) is 29.5 Å². The number of primary amides is 1. The standard InChI is InChI=1S/C22H28N8O/c1-15(2)28-7-4-8-29(10-9-28)18-11-17(12-24-13-18)20-14-30(27-26-20)21-6-5-19(22(23)31)25-16(21)3/h5-6,11-15H,4,7-10H2,1-3H3,(H2,23,31). The van der Waals surface area contributed by atoms with Gasteiger partial charge in [0, 0.05) is 44.0 Å². The fourth-order valence-electron chi connectivity index (χ4n) is 3.90. The van der Waals surface area contributed by atoms with Crippen LogP contribution in [0.2, 0.25) is 0 Å². The summed E-state index contributed by atoms with van der Waals surface area (Å²) in [6, 6.07) is 6.05. The minimum absolute atomic E-state index is 0.229. The third kappa shape index (κ3) is 4.56. The molecule has 162 valence electrons. The van der Waals surface area contributed by atoms with E-state index in [0.717, 1.165) is 55.2 Å². The van der Waals surface area contributed by atoms with E-state index in [9.17, 15) is 4.79 Å². The molecule has 4 heterocycles. The van der Waals surface area contributed by atoms with Crippen LogP contribution in [0.15, 0.2) is 36.8 Å². The Hall–Kier alpha value is -3.33. The van der Waals surface area contributed by atoms with Crippen LogP contribution >= 0.6 is 0 Å². The molecule has 1 saturated heterocycles. The fourth-order valence-corrected chi connectivity index (χ4v) is 3.90. The van der Waals surface area contributed by atoms with Gasteiger partial charge in [-0.05, 0) is 45.4 Å². The minimum Gasteiger partial charge on any atom is -0.369 e. The van der Waals surface area contributed by atoms with Gasteiger partial charge in [-0.25, -0.2) is 9.67 Å². The van der Waals surface area contributed by atoms with Crippen LogP contribution in [0.1, 0.15) is 36.5 Å². The van der Waals surface area contributed by atoms with E-state index in [-0.39, 0.29) is 5.69 Å². The number of nitrogens with zero attached hydrogens (tertiary/aromatic N) is 7. The number of hydrogen-bond acceptors (Lipinski definition) is 7. The molecule has 9 nitrogen and oxygen atoms in total. The highest BCUT2D eigenvalue weighted by Crippen LogP contribution is 2.24. The molecule has 4 rings (SSSR count). The average Bonchev–Trinajstić information content (AvgIpc) is 3.10. The van der Waals surface area contributed by atoms with Gasteiger partial charge < -0.3 is 10.6 Å². The van der Waals surface area contributed by atoms with E-state index in [0.29, 0.717) is 11.7 Å². The van der Waals surface area contributed by atoms with E-state index >= 15 is 0 Å². The molecule has 0 spiro atoms. The van der Waals surface area contributed by atoms with Gasteiger partial charge in [-0.1, -0.05) is 5.21 Å². The summed E-state index contributed by atoms with van der Waals surface area (Å²) in [6.45, 7) is 10.5. The van der Waals surface area contributed by atoms with E-state index in [1.165, 1.54) is 0 Å². The first-order valence-electron chi connectivity index (χ1n) is 10.6. The molecule has 0 unspecified atom stereocenters. The molecular formula is C22H28N8O. The Morgan fingerprint density at radius 3 is 2.71 bits per heavy atom. The number of nitrogens with two attached hydrogens (primary N) is 1. The topological polar surface area (TPSA) is 106 Å². The SMILES string of the molecule is Cc1nc(C(N)=O)ccc1-n1cc(-c2cncc(N3CCCN(C(C)C)CC3)c2)nn1.